The van der Waals surface area contributed by atoms with Crippen molar-refractivity contribution in [3.63, 3.8) is 0 Å². The molecule has 0 amide bonds. The Balaban J connectivity index is 2.46. The van der Waals surface area contributed by atoms with E-state index in [0.29, 0.717) is 16.5 Å². The molecule has 2 aromatic rings. The van der Waals surface area contributed by atoms with Gasteiger partial charge in [0.1, 0.15) is 11.5 Å². The lowest BCUT2D eigenvalue weighted by Crippen LogP contribution is -2.29. The van der Waals surface area contributed by atoms with Crippen LogP contribution >= 0.6 is 11.6 Å². The normalized spacial score (nSPS) is 12.0. The number of pyridine rings is 1. The molecule has 0 spiro atoms. The van der Waals surface area contributed by atoms with Crippen LogP contribution < -0.4 is 20.7 Å². The number of methoxy groups -OCH3 is 2. The fourth-order valence-electron chi connectivity index (χ4n) is 1.99. The monoisotopic (exact) mass is 293 g/mol. The maximum absolute atomic E-state index is 5.97. The highest BCUT2D eigenvalue weighted by molar-refractivity contribution is 6.30. The van der Waals surface area contributed by atoms with Crippen molar-refractivity contribution in [2.24, 2.45) is 5.84 Å². The van der Waals surface area contributed by atoms with E-state index in [1.54, 1.807) is 38.7 Å². The van der Waals surface area contributed by atoms with E-state index in [9.17, 15) is 0 Å². The molecule has 0 aliphatic rings. The van der Waals surface area contributed by atoms with Gasteiger partial charge in [-0.2, -0.15) is 0 Å². The van der Waals surface area contributed by atoms with Gasteiger partial charge in [0.05, 0.1) is 26.5 Å². The minimum atomic E-state index is -0.273. The third kappa shape index (κ3) is 3.01. The molecule has 0 fully saturated rings. The van der Waals surface area contributed by atoms with Gasteiger partial charge >= 0.3 is 0 Å². The summed E-state index contributed by atoms with van der Waals surface area (Å²) in [6, 6.07) is 6.99. The quantitative estimate of drug-likeness (QED) is 0.654. The number of nitrogens with zero attached hydrogens (tertiary/aromatic N) is 1. The van der Waals surface area contributed by atoms with Gasteiger partial charge in [-0.15, -0.1) is 0 Å². The van der Waals surface area contributed by atoms with E-state index in [1.165, 1.54) is 0 Å². The number of aromatic nitrogens is 1. The Kier molecular flexibility index (Phi) is 4.79. The molecule has 1 atom stereocenters. The zero-order valence-corrected chi connectivity index (χ0v) is 12.0. The first-order valence-corrected chi connectivity index (χ1v) is 6.36. The molecule has 2 rings (SSSR count). The molecular weight excluding hydrogens is 278 g/mol. The number of hydrogen-bond acceptors (Lipinski definition) is 5. The first kappa shape index (κ1) is 14.6. The van der Waals surface area contributed by atoms with Crippen molar-refractivity contribution in [1.82, 2.24) is 10.4 Å². The van der Waals surface area contributed by atoms with Gasteiger partial charge in [-0.1, -0.05) is 17.7 Å². The summed E-state index contributed by atoms with van der Waals surface area (Å²) < 4.78 is 10.5. The summed E-state index contributed by atoms with van der Waals surface area (Å²) >= 11 is 5.97. The number of rotatable bonds is 5. The first-order valence-electron chi connectivity index (χ1n) is 5.98. The Hall–Kier alpha value is -1.82. The lowest BCUT2D eigenvalue weighted by atomic mass is 9.99. The molecule has 0 bridgehead atoms. The maximum Gasteiger partial charge on any atom is 0.137 e. The molecule has 0 aliphatic heterocycles. The van der Waals surface area contributed by atoms with Crippen LogP contribution in [0.1, 0.15) is 17.2 Å². The predicted molar refractivity (Wildman–Crippen MR) is 78.0 cm³/mol. The van der Waals surface area contributed by atoms with Gasteiger partial charge in [0.25, 0.3) is 0 Å². The first-order chi connectivity index (χ1) is 9.69. The third-order valence-corrected chi connectivity index (χ3v) is 3.21. The number of nitrogens with one attached hydrogen (secondary N) is 1. The zero-order valence-electron chi connectivity index (χ0n) is 11.3. The average molecular weight is 294 g/mol. The molecular formula is C14H16ClN3O2. The van der Waals surface area contributed by atoms with E-state index in [1.807, 2.05) is 12.1 Å². The van der Waals surface area contributed by atoms with Crippen molar-refractivity contribution >= 4 is 11.6 Å². The van der Waals surface area contributed by atoms with Crippen LogP contribution in [0.15, 0.2) is 36.7 Å². The van der Waals surface area contributed by atoms with Gasteiger partial charge in [0, 0.05) is 16.8 Å². The fourth-order valence-corrected chi connectivity index (χ4v) is 2.16. The summed E-state index contributed by atoms with van der Waals surface area (Å²) in [7, 11) is 3.18. The topological polar surface area (TPSA) is 69.4 Å². The molecule has 5 nitrogen and oxygen atoms in total. The van der Waals surface area contributed by atoms with Gasteiger partial charge in [-0.3, -0.25) is 10.8 Å². The third-order valence-electron chi connectivity index (χ3n) is 2.98. The Labute approximate surface area is 122 Å². The van der Waals surface area contributed by atoms with Gasteiger partial charge in [-0.25, -0.2) is 5.43 Å². The summed E-state index contributed by atoms with van der Waals surface area (Å²) in [5, 5.41) is 0.602. The second-order valence-corrected chi connectivity index (χ2v) is 4.58. The molecule has 1 unspecified atom stereocenters. The van der Waals surface area contributed by atoms with E-state index in [2.05, 4.69) is 10.4 Å². The molecule has 0 radical (unpaired) electrons. The van der Waals surface area contributed by atoms with Crippen LogP contribution in [-0.2, 0) is 0 Å². The largest absolute Gasteiger partial charge is 0.496 e. The Bertz CT molecular complexity index is 592. The fraction of sp³-hybridized carbons (Fsp3) is 0.214. The minimum absolute atomic E-state index is 0.273. The number of hydrogen-bond donors (Lipinski definition) is 2. The van der Waals surface area contributed by atoms with E-state index in [4.69, 9.17) is 26.9 Å². The highest BCUT2D eigenvalue weighted by Gasteiger charge is 2.18. The molecule has 0 saturated heterocycles. The Morgan fingerprint density at radius 2 is 2.00 bits per heavy atom. The maximum atomic E-state index is 5.97. The van der Waals surface area contributed by atoms with Gasteiger partial charge in [-0.05, 0) is 23.8 Å². The van der Waals surface area contributed by atoms with Crippen molar-refractivity contribution in [3.8, 4) is 11.5 Å². The molecule has 106 valence electrons. The Morgan fingerprint density at radius 3 is 2.65 bits per heavy atom. The number of benzene rings is 1. The number of ether oxygens (including phenoxy) is 2. The van der Waals surface area contributed by atoms with E-state index in [0.717, 1.165) is 11.1 Å². The van der Waals surface area contributed by atoms with Crippen LogP contribution in [0.2, 0.25) is 5.02 Å². The van der Waals surface area contributed by atoms with Gasteiger partial charge < -0.3 is 9.47 Å². The standard InChI is InChI=1S/C14H16ClN3O2/c1-19-11-5-9(7-17-8-11)14(18-16)12-4-3-10(15)6-13(12)20-2/h3-8,14,18H,16H2,1-2H3. The highest BCUT2D eigenvalue weighted by atomic mass is 35.5. The lowest BCUT2D eigenvalue weighted by molar-refractivity contribution is 0.402. The van der Waals surface area contributed by atoms with Crippen molar-refractivity contribution in [3.05, 3.63) is 52.8 Å². The van der Waals surface area contributed by atoms with E-state index in [-0.39, 0.29) is 6.04 Å². The van der Waals surface area contributed by atoms with E-state index < -0.39 is 0 Å². The number of halogens is 1. The molecule has 3 N–H and O–H groups in total. The average Bonchev–Trinajstić information content (AvgIpc) is 2.49. The van der Waals surface area contributed by atoms with Gasteiger partial charge in [0.15, 0.2) is 0 Å². The van der Waals surface area contributed by atoms with Crippen LogP contribution in [0.3, 0.4) is 0 Å². The number of hydrazine groups is 1. The van der Waals surface area contributed by atoms with Crippen LogP contribution in [0.4, 0.5) is 0 Å². The molecule has 0 aliphatic carbocycles. The van der Waals surface area contributed by atoms with Crippen molar-refractivity contribution in [2.45, 2.75) is 6.04 Å². The smallest absolute Gasteiger partial charge is 0.137 e. The van der Waals surface area contributed by atoms with E-state index >= 15 is 0 Å². The van der Waals surface area contributed by atoms with Crippen LogP contribution in [-0.4, -0.2) is 19.2 Å². The SMILES string of the molecule is COc1cncc(C(NN)c2ccc(Cl)cc2OC)c1. The Morgan fingerprint density at radius 1 is 1.20 bits per heavy atom. The van der Waals surface area contributed by atoms with Crippen molar-refractivity contribution in [1.29, 1.82) is 0 Å². The van der Waals surface area contributed by atoms with Crippen LogP contribution in [0.25, 0.3) is 0 Å². The molecule has 6 heteroatoms. The van der Waals surface area contributed by atoms with Crippen molar-refractivity contribution in [2.75, 3.05) is 14.2 Å². The summed E-state index contributed by atoms with van der Waals surface area (Å²) in [5.74, 6) is 7.00. The summed E-state index contributed by atoms with van der Waals surface area (Å²) in [6.45, 7) is 0. The summed E-state index contributed by atoms with van der Waals surface area (Å²) in [6.07, 6.45) is 3.36. The second kappa shape index (κ2) is 6.56. The second-order valence-electron chi connectivity index (χ2n) is 4.14. The summed E-state index contributed by atoms with van der Waals surface area (Å²) in [5.41, 5.74) is 4.50. The summed E-state index contributed by atoms with van der Waals surface area (Å²) in [4.78, 5) is 4.14. The lowest BCUT2D eigenvalue weighted by Gasteiger charge is -2.19. The molecule has 1 aromatic carbocycles. The predicted octanol–water partition coefficient (Wildman–Crippen LogP) is 2.30. The number of nitrogens with two attached hydrogens (primary N) is 1. The molecule has 20 heavy (non-hydrogen) atoms. The zero-order chi connectivity index (χ0) is 14.5. The highest BCUT2D eigenvalue weighted by Crippen LogP contribution is 2.32. The van der Waals surface area contributed by atoms with Gasteiger partial charge in [0.2, 0.25) is 0 Å². The van der Waals surface area contributed by atoms with Crippen LogP contribution in [0, 0.1) is 0 Å². The molecule has 1 aromatic heterocycles. The molecule has 1 heterocycles. The van der Waals surface area contributed by atoms with Crippen molar-refractivity contribution < 1.29 is 9.47 Å². The van der Waals surface area contributed by atoms with Crippen LogP contribution in [0.5, 0.6) is 11.5 Å². The minimum Gasteiger partial charge on any atom is -0.496 e. The molecule has 0 saturated carbocycles.